The Hall–Kier alpha value is -0.120. The first-order chi connectivity index (χ1) is 8.46. The highest BCUT2D eigenvalue weighted by Gasteiger charge is 2.36. The van der Waals surface area contributed by atoms with Crippen LogP contribution in [0.3, 0.4) is 0 Å². The van der Waals surface area contributed by atoms with Crippen molar-refractivity contribution in [1.29, 1.82) is 0 Å². The largest absolute Gasteiger partial charge is 0.381 e. The predicted octanol–water partition coefficient (Wildman–Crippen LogP) is 2.51. The first-order valence-electron chi connectivity index (χ1n) is 7.45. The number of nitrogens with one attached hydrogen (secondary N) is 1. The summed E-state index contributed by atoms with van der Waals surface area (Å²) < 4.78 is 5.55. The van der Waals surface area contributed by atoms with Crippen molar-refractivity contribution in [3.05, 3.63) is 0 Å². The van der Waals surface area contributed by atoms with E-state index in [4.69, 9.17) is 4.74 Å². The van der Waals surface area contributed by atoms with E-state index < -0.39 is 0 Å². The first kappa shape index (κ1) is 15.9. The normalized spacial score (nSPS) is 20.3. The fourth-order valence-corrected chi connectivity index (χ4v) is 2.57. The standard InChI is InChI=1S/C15H32N2O/c1-6-14(3,4)17(5)13-15(12-16-7-2)8-10-18-11-9-15/h16H,6-13H2,1-5H3. The van der Waals surface area contributed by atoms with Crippen LogP contribution in [0.15, 0.2) is 0 Å². The quantitative estimate of drug-likeness (QED) is 0.757. The van der Waals surface area contributed by atoms with Gasteiger partial charge in [-0.05, 0) is 52.1 Å². The second-order valence-corrected chi connectivity index (χ2v) is 6.41. The summed E-state index contributed by atoms with van der Waals surface area (Å²) in [6, 6.07) is 0. The van der Waals surface area contributed by atoms with Gasteiger partial charge in [-0.2, -0.15) is 0 Å². The van der Waals surface area contributed by atoms with Crippen molar-refractivity contribution < 1.29 is 4.74 Å². The number of nitrogens with zero attached hydrogens (tertiary/aromatic N) is 1. The van der Waals surface area contributed by atoms with Gasteiger partial charge in [-0.25, -0.2) is 0 Å². The molecule has 3 nitrogen and oxygen atoms in total. The summed E-state index contributed by atoms with van der Waals surface area (Å²) in [4.78, 5) is 2.54. The van der Waals surface area contributed by atoms with E-state index in [9.17, 15) is 0 Å². The van der Waals surface area contributed by atoms with Gasteiger partial charge in [0.1, 0.15) is 0 Å². The van der Waals surface area contributed by atoms with Crippen LogP contribution in [0.1, 0.15) is 47.0 Å². The van der Waals surface area contributed by atoms with E-state index in [1.54, 1.807) is 0 Å². The predicted molar refractivity (Wildman–Crippen MR) is 78.0 cm³/mol. The molecule has 0 aliphatic carbocycles. The Kier molecular flexibility index (Phi) is 6.09. The molecule has 0 atom stereocenters. The summed E-state index contributed by atoms with van der Waals surface area (Å²) >= 11 is 0. The lowest BCUT2D eigenvalue weighted by molar-refractivity contribution is -0.0167. The molecule has 1 N–H and O–H groups in total. The molecular formula is C15H32N2O. The smallest absolute Gasteiger partial charge is 0.0472 e. The van der Waals surface area contributed by atoms with Gasteiger partial charge in [-0.3, -0.25) is 0 Å². The molecule has 0 unspecified atom stereocenters. The lowest BCUT2D eigenvalue weighted by Gasteiger charge is -2.45. The van der Waals surface area contributed by atoms with Crippen LogP contribution in [0, 0.1) is 5.41 Å². The molecule has 0 aromatic carbocycles. The zero-order valence-electron chi connectivity index (χ0n) is 13.0. The highest BCUT2D eigenvalue weighted by molar-refractivity contribution is 4.90. The van der Waals surface area contributed by atoms with E-state index in [0.29, 0.717) is 5.41 Å². The maximum atomic E-state index is 5.55. The van der Waals surface area contributed by atoms with E-state index >= 15 is 0 Å². The zero-order valence-corrected chi connectivity index (χ0v) is 13.0. The molecule has 1 saturated heterocycles. The average molecular weight is 256 g/mol. The molecule has 1 heterocycles. The minimum atomic E-state index is 0.289. The van der Waals surface area contributed by atoms with Crippen LogP contribution >= 0.6 is 0 Å². The third-order valence-electron chi connectivity index (χ3n) is 4.77. The molecule has 1 aliphatic heterocycles. The molecule has 0 aromatic heterocycles. The molecule has 0 radical (unpaired) electrons. The second-order valence-electron chi connectivity index (χ2n) is 6.41. The van der Waals surface area contributed by atoms with Gasteiger partial charge in [0, 0.05) is 31.8 Å². The Labute approximate surface area is 113 Å². The summed E-state index contributed by atoms with van der Waals surface area (Å²) in [6.07, 6.45) is 3.56. The van der Waals surface area contributed by atoms with Gasteiger partial charge in [-0.15, -0.1) is 0 Å². The Bertz CT molecular complexity index is 235. The van der Waals surface area contributed by atoms with E-state index in [1.165, 1.54) is 25.8 Å². The minimum absolute atomic E-state index is 0.289. The van der Waals surface area contributed by atoms with Crippen molar-refractivity contribution >= 4 is 0 Å². The van der Waals surface area contributed by atoms with E-state index in [1.807, 2.05) is 0 Å². The van der Waals surface area contributed by atoms with Gasteiger partial charge in [0.25, 0.3) is 0 Å². The Morgan fingerprint density at radius 1 is 1.22 bits per heavy atom. The van der Waals surface area contributed by atoms with Gasteiger partial charge >= 0.3 is 0 Å². The molecule has 1 aliphatic rings. The zero-order chi connectivity index (χ0) is 13.6. The molecule has 3 heteroatoms. The topological polar surface area (TPSA) is 24.5 Å². The van der Waals surface area contributed by atoms with Gasteiger partial charge < -0.3 is 15.0 Å². The monoisotopic (exact) mass is 256 g/mol. The van der Waals surface area contributed by atoms with Crippen molar-refractivity contribution in [2.24, 2.45) is 5.41 Å². The summed E-state index contributed by atoms with van der Waals surface area (Å²) in [7, 11) is 2.27. The first-order valence-corrected chi connectivity index (χ1v) is 7.45. The molecule has 0 aromatic rings. The van der Waals surface area contributed by atoms with Crippen LogP contribution in [-0.2, 0) is 4.74 Å². The van der Waals surface area contributed by atoms with Crippen molar-refractivity contribution in [3.63, 3.8) is 0 Å². The van der Waals surface area contributed by atoms with Crippen molar-refractivity contribution in [3.8, 4) is 0 Å². The average Bonchev–Trinajstić information content (AvgIpc) is 2.37. The van der Waals surface area contributed by atoms with E-state index in [-0.39, 0.29) is 5.54 Å². The number of hydrogen-bond acceptors (Lipinski definition) is 3. The molecule has 1 rings (SSSR count). The van der Waals surface area contributed by atoms with Crippen molar-refractivity contribution in [2.45, 2.75) is 52.5 Å². The third-order valence-corrected chi connectivity index (χ3v) is 4.77. The maximum absolute atomic E-state index is 5.55. The molecule has 108 valence electrons. The van der Waals surface area contributed by atoms with Crippen LogP contribution in [0.2, 0.25) is 0 Å². The van der Waals surface area contributed by atoms with Crippen molar-refractivity contribution in [1.82, 2.24) is 10.2 Å². The summed E-state index contributed by atoms with van der Waals surface area (Å²) in [5.41, 5.74) is 0.687. The minimum Gasteiger partial charge on any atom is -0.381 e. The van der Waals surface area contributed by atoms with Crippen molar-refractivity contribution in [2.75, 3.05) is 39.9 Å². The Balaban J connectivity index is 2.65. The van der Waals surface area contributed by atoms with Crippen LogP contribution in [-0.4, -0.2) is 50.3 Å². The molecule has 1 fully saturated rings. The number of ether oxygens (including phenoxy) is 1. The van der Waals surface area contributed by atoms with Gasteiger partial charge in [-0.1, -0.05) is 13.8 Å². The van der Waals surface area contributed by atoms with Gasteiger partial charge in [0.2, 0.25) is 0 Å². The fraction of sp³-hybridized carbons (Fsp3) is 1.00. The molecule has 0 bridgehead atoms. The number of rotatable bonds is 7. The van der Waals surface area contributed by atoms with Crippen LogP contribution in [0.5, 0.6) is 0 Å². The summed E-state index contributed by atoms with van der Waals surface area (Å²) in [6.45, 7) is 14.3. The molecule has 0 saturated carbocycles. The molecule has 18 heavy (non-hydrogen) atoms. The van der Waals surface area contributed by atoms with Gasteiger partial charge in [0.15, 0.2) is 0 Å². The van der Waals surface area contributed by atoms with Gasteiger partial charge in [0.05, 0.1) is 0 Å². The second kappa shape index (κ2) is 6.88. The maximum Gasteiger partial charge on any atom is 0.0472 e. The van der Waals surface area contributed by atoms with Crippen LogP contribution in [0.4, 0.5) is 0 Å². The highest BCUT2D eigenvalue weighted by atomic mass is 16.5. The molecule has 0 spiro atoms. The Morgan fingerprint density at radius 3 is 2.33 bits per heavy atom. The Morgan fingerprint density at radius 2 is 1.83 bits per heavy atom. The van der Waals surface area contributed by atoms with E-state index in [0.717, 1.165) is 26.3 Å². The third kappa shape index (κ3) is 4.22. The molecular weight excluding hydrogens is 224 g/mol. The lowest BCUT2D eigenvalue weighted by atomic mass is 9.78. The highest BCUT2D eigenvalue weighted by Crippen LogP contribution is 2.33. The SMILES string of the molecule is CCNCC1(CN(C)C(C)(C)CC)CCOCC1. The summed E-state index contributed by atoms with van der Waals surface area (Å²) in [5, 5.41) is 3.55. The van der Waals surface area contributed by atoms with Crippen LogP contribution in [0.25, 0.3) is 0 Å². The van der Waals surface area contributed by atoms with Crippen LogP contribution < -0.4 is 5.32 Å². The number of hydrogen-bond donors (Lipinski definition) is 1. The lowest BCUT2D eigenvalue weighted by Crippen LogP contribution is -2.51. The molecule has 0 amide bonds. The van der Waals surface area contributed by atoms with E-state index in [2.05, 4.69) is 45.0 Å². The summed E-state index contributed by atoms with van der Waals surface area (Å²) in [5.74, 6) is 0. The fourth-order valence-electron chi connectivity index (χ4n) is 2.57.